The van der Waals surface area contributed by atoms with E-state index in [-0.39, 0.29) is 0 Å². The largest absolute Gasteiger partial charge is 0.481 e. The lowest BCUT2D eigenvalue weighted by atomic mass is 9.70. The van der Waals surface area contributed by atoms with Gasteiger partial charge in [0.25, 0.3) is 0 Å². The van der Waals surface area contributed by atoms with Crippen LogP contribution in [0.1, 0.15) is 39.2 Å². The molecule has 0 radical (unpaired) electrons. The van der Waals surface area contributed by atoms with Crippen LogP contribution in [-0.2, 0) is 4.79 Å². The molecule has 0 aliphatic carbocycles. The van der Waals surface area contributed by atoms with Crippen LogP contribution in [0.5, 0.6) is 5.88 Å². The van der Waals surface area contributed by atoms with Crippen molar-refractivity contribution in [1.29, 1.82) is 0 Å². The van der Waals surface area contributed by atoms with Gasteiger partial charge in [0.1, 0.15) is 5.76 Å². The zero-order chi connectivity index (χ0) is 22.1. The van der Waals surface area contributed by atoms with E-state index in [1.54, 1.807) is 26.0 Å². The first-order valence-electron chi connectivity index (χ1n) is 9.87. The number of nitrogens with zero attached hydrogens (tertiary/aromatic N) is 1. The third-order valence-electron chi connectivity index (χ3n) is 5.20. The number of ether oxygens (including phenoxy) is 1. The van der Waals surface area contributed by atoms with E-state index < -0.39 is 17.3 Å². The third-order valence-corrected chi connectivity index (χ3v) is 6.22. The predicted molar refractivity (Wildman–Crippen MR) is 123 cm³/mol. The molecule has 1 aliphatic rings. The molecule has 1 aliphatic heterocycles. The number of hydrogen-bond donors (Lipinski definition) is 1. The molecule has 0 spiro atoms. The summed E-state index contributed by atoms with van der Waals surface area (Å²) in [6.07, 6.45) is 3.23. The molecule has 2 aromatic rings. The van der Waals surface area contributed by atoms with Crippen molar-refractivity contribution >= 4 is 17.7 Å². The van der Waals surface area contributed by atoms with Crippen LogP contribution in [0.2, 0.25) is 0 Å². The van der Waals surface area contributed by atoms with Crippen LogP contribution in [0.4, 0.5) is 0 Å². The summed E-state index contributed by atoms with van der Waals surface area (Å²) in [6.45, 7) is 15.4. The van der Waals surface area contributed by atoms with E-state index in [1.807, 2.05) is 36.0 Å². The Morgan fingerprint density at radius 2 is 1.83 bits per heavy atom. The van der Waals surface area contributed by atoms with Gasteiger partial charge in [-0.15, -0.1) is 11.8 Å². The van der Waals surface area contributed by atoms with Crippen molar-refractivity contribution in [3.05, 3.63) is 78.6 Å². The Bertz CT molecular complexity index is 1020. The molecule has 0 saturated carbocycles. The Hall–Kier alpha value is -2.79. The van der Waals surface area contributed by atoms with Crippen LogP contribution in [-0.4, -0.2) is 21.3 Å². The number of thioether (sulfide) groups is 1. The van der Waals surface area contributed by atoms with Gasteiger partial charge in [0.15, 0.2) is 0 Å². The van der Waals surface area contributed by atoms with Gasteiger partial charge >= 0.3 is 5.97 Å². The number of hydrogen-bond acceptors (Lipinski definition) is 4. The van der Waals surface area contributed by atoms with E-state index in [4.69, 9.17) is 9.72 Å². The Morgan fingerprint density at radius 1 is 1.17 bits per heavy atom. The molecule has 156 valence electrons. The fraction of sp³-hybridized carbons (Fsp3) is 0.280. The smallest absolute Gasteiger partial charge is 0.310 e. The molecule has 1 aromatic heterocycles. The molecule has 2 heterocycles. The molecular weight excluding hydrogens is 394 g/mol. The normalized spacial score (nSPS) is 16.1. The predicted octanol–water partition coefficient (Wildman–Crippen LogP) is 6.46. The molecule has 1 aromatic carbocycles. The number of pyridine rings is 1. The summed E-state index contributed by atoms with van der Waals surface area (Å²) in [5, 5.41) is 10.4. The van der Waals surface area contributed by atoms with Crippen LogP contribution >= 0.6 is 11.8 Å². The Morgan fingerprint density at radius 3 is 2.37 bits per heavy atom. The number of carboxylic acid groups (broad SMARTS) is 1. The van der Waals surface area contributed by atoms with Crippen LogP contribution in [0, 0.1) is 5.41 Å². The minimum absolute atomic E-state index is 0.410. The molecule has 1 unspecified atom stereocenters. The highest BCUT2D eigenvalue weighted by atomic mass is 32.2. The van der Waals surface area contributed by atoms with Crippen molar-refractivity contribution in [1.82, 2.24) is 4.98 Å². The van der Waals surface area contributed by atoms with Crippen LogP contribution in [0.25, 0.3) is 11.3 Å². The van der Waals surface area contributed by atoms with Crippen LogP contribution in [0.15, 0.2) is 77.9 Å². The molecule has 1 atom stereocenters. The summed E-state index contributed by atoms with van der Waals surface area (Å²) >= 11 is 1.81. The first-order chi connectivity index (χ1) is 14.2. The zero-order valence-electron chi connectivity index (χ0n) is 17.8. The second-order valence-corrected chi connectivity index (χ2v) is 9.72. The summed E-state index contributed by atoms with van der Waals surface area (Å²) in [4.78, 5) is 18.0. The van der Waals surface area contributed by atoms with Gasteiger partial charge < -0.3 is 9.84 Å². The van der Waals surface area contributed by atoms with Gasteiger partial charge in [-0.3, -0.25) is 4.79 Å². The Balaban J connectivity index is 2.07. The number of fused-ring (bicyclic) bond motifs is 1. The van der Waals surface area contributed by atoms with Gasteiger partial charge in [0.2, 0.25) is 5.88 Å². The van der Waals surface area contributed by atoms with Gasteiger partial charge in [0.05, 0.1) is 11.1 Å². The van der Waals surface area contributed by atoms with E-state index in [9.17, 15) is 9.90 Å². The van der Waals surface area contributed by atoms with Crippen molar-refractivity contribution < 1.29 is 14.6 Å². The number of rotatable bonds is 7. The summed E-state index contributed by atoms with van der Waals surface area (Å²) < 4.78 is 6.01. The van der Waals surface area contributed by atoms with E-state index in [2.05, 4.69) is 39.1 Å². The molecule has 0 saturated heterocycles. The average Bonchev–Trinajstić information content (AvgIpc) is 2.71. The first kappa shape index (κ1) is 21.9. The number of carboxylic acids is 1. The fourth-order valence-electron chi connectivity index (χ4n) is 3.64. The van der Waals surface area contributed by atoms with Gasteiger partial charge in [-0.05, 0) is 38.1 Å². The molecule has 5 heteroatoms. The van der Waals surface area contributed by atoms with E-state index in [0.717, 1.165) is 16.8 Å². The minimum atomic E-state index is -1.07. The molecule has 0 fully saturated rings. The highest BCUT2D eigenvalue weighted by Gasteiger charge is 2.44. The van der Waals surface area contributed by atoms with Gasteiger partial charge in [-0.1, -0.05) is 51.3 Å². The van der Waals surface area contributed by atoms with Crippen molar-refractivity contribution in [2.45, 2.75) is 43.8 Å². The number of aliphatic carboxylic acids is 1. The molecule has 4 nitrogen and oxygen atoms in total. The maximum absolute atomic E-state index is 12.0. The third kappa shape index (κ3) is 4.08. The lowest BCUT2D eigenvalue weighted by molar-refractivity contribution is -0.147. The zero-order valence-corrected chi connectivity index (χ0v) is 18.6. The highest BCUT2D eigenvalue weighted by Crippen LogP contribution is 2.49. The molecule has 1 N–H and O–H groups in total. The summed E-state index contributed by atoms with van der Waals surface area (Å²) in [6, 6.07) is 12.1. The standard InChI is InChI=1S/C25H27NO3S/c1-7-18-21(8-2)29-23-19(22(18)25(5,6)24(27)28)13-14-20(26-23)16-9-11-17(12-10-16)30-15(3)4/h7-15,22H,1-2H2,3-6H3,(H,27,28). The molecule has 3 rings (SSSR count). The quantitative estimate of drug-likeness (QED) is 0.520. The average molecular weight is 422 g/mol. The van der Waals surface area contributed by atoms with Crippen LogP contribution < -0.4 is 4.74 Å². The number of carbonyl (C=O) groups is 1. The lowest BCUT2D eigenvalue weighted by Crippen LogP contribution is -2.34. The number of aromatic nitrogens is 1. The fourth-order valence-corrected chi connectivity index (χ4v) is 4.48. The van der Waals surface area contributed by atoms with Gasteiger partial charge in [0, 0.05) is 32.8 Å². The van der Waals surface area contributed by atoms with Crippen LogP contribution in [0.3, 0.4) is 0 Å². The van der Waals surface area contributed by atoms with Gasteiger partial charge in [-0.2, -0.15) is 0 Å². The molecule has 30 heavy (non-hydrogen) atoms. The van der Waals surface area contributed by atoms with Crippen molar-refractivity contribution in [3.8, 4) is 17.1 Å². The number of benzene rings is 1. The molecule has 0 bridgehead atoms. The maximum atomic E-state index is 12.0. The van der Waals surface area contributed by atoms with E-state index in [1.165, 1.54) is 4.90 Å². The maximum Gasteiger partial charge on any atom is 0.310 e. The van der Waals surface area contributed by atoms with Gasteiger partial charge in [-0.25, -0.2) is 4.98 Å². The monoisotopic (exact) mass is 421 g/mol. The second kappa shape index (κ2) is 8.52. The lowest BCUT2D eigenvalue weighted by Gasteiger charge is -2.36. The molecular formula is C25H27NO3S. The van der Waals surface area contributed by atoms with E-state index in [0.29, 0.717) is 22.5 Å². The van der Waals surface area contributed by atoms with Crippen molar-refractivity contribution in [3.63, 3.8) is 0 Å². The number of allylic oxidation sites excluding steroid dienone is 3. The summed E-state index contributed by atoms with van der Waals surface area (Å²) in [5.74, 6) is -0.445. The second-order valence-electron chi connectivity index (χ2n) is 8.07. The topological polar surface area (TPSA) is 59.4 Å². The summed E-state index contributed by atoms with van der Waals surface area (Å²) in [5.41, 5.74) is 2.11. The Labute approximate surface area is 182 Å². The summed E-state index contributed by atoms with van der Waals surface area (Å²) in [7, 11) is 0. The SMILES string of the molecule is C=CC1=C(C=C)C(C(C)(C)C(=O)O)c2ccc(-c3ccc(SC(C)C)cc3)nc2O1. The van der Waals surface area contributed by atoms with Crippen molar-refractivity contribution in [2.75, 3.05) is 0 Å². The van der Waals surface area contributed by atoms with Crippen molar-refractivity contribution in [2.24, 2.45) is 5.41 Å². The first-order valence-corrected chi connectivity index (χ1v) is 10.7. The van der Waals surface area contributed by atoms with E-state index >= 15 is 0 Å². The Kier molecular flexibility index (Phi) is 6.22. The minimum Gasteiger partial charge on any atom is -0.481 e. The molecule has 0 amide bonds. The highest BCUT2D eigenvalue weighted by molar-refractivity contribution is 7.99.